The number of nitrogens with zero attached hydrogens (tertiary/aromatic N) is 3. The smallest absolute Gasteiger partial charge is 0.263 e. The zero-order valence-electron chi connectivity index (χ0n) is 14.1. The Morgan fingerprint density at radius 2 is 1.96 bits per heavy atom. The van der Waals surface area contributed by atoms with Gasteiger partial charge >= 0.3 is 0 Å². The van der Waals surface area contributed by atoms with E-state index in [1.807, 2.05) is 6.07 Å². The zero-order chi connectivity index (χ0) is 18.6. The van der Waals surface area contributed by atoms with Gasteiger partial charge in [0, 0.05) is 18.0 Å². The highest BCUT2D eigenvalue weighted by molar-refractivity contribution is 6.21. The van der Waals surface area contributed by atoms with Crippen LogP contribution in [-0.2, 0) is 0 Å². The van der Waals surface area contributed by atoms with E-state index in [1.54, 1.807) is 32.0 Å². The lowest BCUT2D eigenvalue weighted by Gasteiger charge is -2.44. The zero-order valence-corrected chi connectivity index (χ0v) is 14.1. The maximum absolute atomic E-state index is 12.9. The Labute approximate surface area is 149 Å². The minimum absolute atomic E-state index is 0.201. The molecule has 4 rings (SSSR count). The second-order valence-electron chi connectivity index (χ2n) is 6.86. The molecule has 0 spiro atoms. The summed E-state index contributed by atoms with van der Waals surface area (Å²) < 4.78 is 5.85. The van der Waals surface area contributed by atoms with Crippen molar-refractivity contribution in [2.45, 2.75) is 31.6 Å². The summed E-state index contributed by atoms with van der Waals surface area (Å²) in [6.07, 6.45) is 1.62. The lowest BCUT2D eigenvalue weighted by atomic mass is 9.85. The van der Waals surface area contributed by atoms with Crippen LogP contribution in [0.1, 0.15) is 51.7 Å². The number of nitriles is 1. The number of aromatic nitrogens is 1. The highest BCUT2D eigenvalue weighted by Crippen LogP contribution is 2.45. The predicted molar refractivity (Wildman–Crippen MR) is 89.3 cm³/mol. The number of hydrogen-bond acceptors (Lipinski definition) is 6. The standard InChI is InChI=1S/C19H15N3O4/c1-19(2)16(23)15(12-7-10(8-20)3-4-14(12)26-19)22-17(24)11-5-6-21-9-13(11)18(22)25/h3-7,9,15-16,23H,1-2H3/t15-,16+/m1/s1. The van der Waals surface area contributed by atoms with Crippen LogP contribution in [-0.4, -0.2) is 38.5 Å². The molecule has 0 bridgehead atoms. The minimum Gasteiger partial charge on any atom is -0.485 e. The molecule has 2 aliphatic rings. The molecular formula is C19H15N3O4. The summed E-state index contributed by atoms with van der Waals surface area (Å²) in [5.41, 5.74) is 0.201. The first-order chi connectivity index (χ1) is 12.3. The Hall–Kier alpha value is -3.24. The molecule has 2 aromatic rings. The first kappa shape index (κ1) is 16.2. The maximum Gasteiger partial charge on any atom is 0.263 e. The van der Waals surface area contributed by atoms with Gasteiger partial charge in [0.05, 0.1) is 28.8 Å². The van der Waals surface area contributed by atoms with Crippen LogP contribution in [0.5, 0.6) is 5.75 Å². The van der Waals surface area contributed by atoms with Gasteiger partial charge in [0.15, 0.2) is 0 Å². The van der Waals surface area contributed by atoms with E-state index in [4.69, 9.17) is 4.74 Å². The summed E-state index contributed by atoms with van der Waals surface area (Å²) in [5.74, 6) is -0.588. The molecule has 1 aromatic carbocycles. The molecule has 1 N–H and O–H groups in total. The first-order valence-corrected chi connectivity index (χ1v) is 8.08. The van der Waals surface area contributed by atoms with Gasteiger partial charge in [-0.05, 0) is 38.1 Å². The molecule has 26 heavy (non-hydrogen) atoms. The average Bonchev–Trinajstić information content (AvgIpc) is 2.87. The Morgan fingerprint density at radius 3 is 2.65 bits per heavy atom. The van der Waals surface area contributed by atoms with Gasteiger partial charge in [0.1, 0.15) is 17.5 Å². The van der Waals surface area contributed by atoms with Gasteiger partial charge in [-0.25, -0.2) is 0 Å². The number of pyridine rings is 1. The van der Waals surface area contributed by atoms with Crippen LogP contribution < -0.4 is 4.74 Å². The maximum atomic E-state index is 12.9. The van der Waals surface area contributed by atoms with Gasteiger partial charge in [-0.2, -0.15) is 5.26 Å². The normalized spacial score (nSPS) is 23.1. The molecule has 3 heterocycles. The van der Waals surface area contributed by atoms with Gasteiger partial charge in [0.2, 0.25) is 0 Å². The third kappa shape index (κ3) is 2.13. The van der Waals surface area contributed by atoms with Crippen molar-refractivity contribution >= 4 is 11.8 Å². The lowest BCUT2D eigenvalue weighted by molar-refractivity contribution is -0.0806. The fourth-order valence-electron chi connectivity index (χ4n) is 3.47. The third-order valence-electron chi connectivity index (χ3n) is 4.84. The molecule has 0 saturated heterocycles. The molecule has 7 nitrogen and oxygen atoms in total. The molecule has 2 atom stereocenters. The number of aliphatic hydroxyl groups excluding tert-OH is 1. The topological polar surface area (TPSA) is 104 Å². The second-order valence-corrected chi connectivity index (χ2v) is 6.86. The number of benzene rings is 1. The fraction of sp³-hybridized carbons (Fsp3) is 0.263. The van der Waals surface area contributed by atoms with Crippen molar-refractivity contribution in [3.05, 3.63) is 58.9 Å². The quantitative estimate of drug-likeness (QED) is 0.788. The van der Waals surface area contributed by atoms with Crippen LogP contribution in [0.25, 0.3) is 0 Å². The van der Waals surface area contributed by atoms with Crippen molar-refractivity contribution in [1.29, 1.82) is 5.26 Å². The van der Waals surface area contributed by atoms with Crippen molar-refractivity contribution < 1.29 is 19.4 Å². The van der Waals surface area contributed by atoms with Crippen molar-refractivity contribution in [3.63, 3.8) is 0 Å². The molecular weight excluding hydrogens is 334 g/mol. The summed E-state index contributed by atoms with van der Waals surface area (Å²) in [5, 5.41) is 20.1. The van der Waals surface area contributed by atoms with Crippen LogP contribution in [0.3, 0.4) is 0 Å². The highest BCUT2D eigenvalue weighted by atomic mass is 16.5. The molecule has 0 aliphatic carbocycles. The van der Waals surface area contributed by atoms with E-state index >= 15 is 0 Å². The van der Waals surface area contributed by atoms with Gasteiger partial charge < -0.3 is 9.84 Å². The SMILES string of the molecule is CC1(C)Oc2ccc(C#N)cc2[C@@H](N2C(=O)c3ccncc3C2=O)[C@@H]1O. The van der Waals surface area contributed by atoms with Crippen LogP contribution in [0, 0.1) is 11.3 Å². The Morgan fingerprint density at radius 1 is 1.23 bits per heavy atom. The molecule has 0 radical (unpaired) electrons. The monoisotopic (exact) mass is 349 g/mol. The second kappa shape index (κ2) is 5.38. The van der Waals surface area contributed by atoms with Gasteiger partial charge in [0.25, 0.3) is 11.8 Å². The van der Waals surface area contributed by atoms with Crippen molar-refractivity contribution in [2.24, 2.45) is 0 Å². The molecule has 1 aromatic heterocycles. The number of imide groups is 1. The Bertz CT molecular complexity index is 958. The summed E-state index contributed by atoms with van der Waals surface area (Å²) >= 11 is 0. The summed E-state index contributed by atoms with van der Waals surface area (Å²) in [7, 11) is 0. The van der Waals surface area contributed by atoms with Crippen molar-refractivity contribution in [3.8, 4) is 11.8 Å². The number of aliphatic hydroxyl groups is 1. The van der Waals surface area contributed by atoms with Crippen LogP contribution in [0.2, 0.25) is 0 Å². The van der Waals surface area contributed by atoms with E-state index in [0.717, 1.165) is 4.90 Å². The van der Waals surface area contributed by atoms with E-state index in [2.05, 4.69) is 4.98 Å². The Kier molecular flexibility index (Phi) is 3.36. The average molecular weight is 349 g/mol. The van der Waals surface area contributed by atoms with E-state index in [-0.39, 0.29) is 11.1 Å². The summed E-state index contributed by atoms with van der Waals surface area (Å²) in [6, 6.07) is 7.30. The molecule has 0 fully saturated rings. The van der Waals surface area contributed by atoms with Crippen molar-refractivity contribution in [1.82, 2.24) is 9.88 Å². The summed E-state index contributed by atoms with van der Waals surface area (Å²) in [4.78, 5) is 30.7. The first-order valence-electron chi connectivity index (χ1n) is 8.08. The molecule has 2 amide bonds. The van der Waals surface area contributed by atoms with E-state index in [0.29, 0.717) is 16.9 Å². The predicted octanol–water partition coefficient (Wildman–Crippen LogP) is 1.82. The van der Waals surface area contributed by atoms with Crippen LogP contribution >= 0.6 is 0 Å². The van der Waals surface area contributed by atoms with Crippen LogP contribution in [0.4, 0.5) is 0 Å². The third-order valence-corrected chi connectivity index (χ3v) is 4.84. The number of carbonyl (C=O) groups excluding carboxylic acids is 2. The number of ether oxygens (including phenoxy) is 1. The molecule has 130 valence electrons. The van der Waals surface area contributed by atoms with Gasteiger partial charge in [-0.15, -0.1) is 0 Å². The number of hydrogen-bond donors (Lipinski definition) is 1. The van der Waals surface area contributed by atoms with Crippen LogP contribution in [0.15, 0.2) is 36.7 Å². The largest absolute Gasteiger partial charge is 0.485 e. The van der Waals surface area contributed by atoms with Gasteiger partial charge in [-0.3, -0.25) is 19.5 Å². The number of fused-ring (bicyclic) bond motifs is 2. The number of rotatable bonds is 1. The Balaban J connectivity index is 1.90. The minimum atomic E-state index is -1.17. The van der Waals surface area contributed by atoms with Gasteiger partial charge in [-0.1, -0.05) is 0 Å². The van der Waals surface area contributed by atoms with Crippen molar-refractivity contribution in [2.75, 3.05) is 0 Å². The molecule has 2 aliphatic heterocycles. The molecule has 7 heteroatoms. The number of carbonyl (C=O) groups is 2. The highest BCUT2D eigenvalue weighted by Gasteiger charge is 2.51. The molecule has 0 unspecified atom stereocenters. The van der Waals surface area contributed by atoms with E-state index in [9.17, 15) is 20.0 Å². The summed E-state index contributed by atoms with van der Waals surface area (Å²) in [6.45, 7) is 3.37. The lowest BCUT2D eigenvalue weighted by Crippen LogP contribution is -2.54. The fourth-order valence-corrected chi connectivity index (χ4v) is 3.47. The van der Waals surface area contributed by atoms with E-state index in [1.165, 1.54) is 18.5 Å². The molecule has 0 saturated carbocycles. The number of amides is 2. The van der Waals surface area contributed by atoms with E-state index < -0.39 is 29.6 Å².